The van der Waals surface area contributed by atoms with Gasteiger partial charge < -0.3 is 16.0 Å². The molecule has 0 radical (unpaired) electrons. The Bertz CT molecular complexity index is 1160. The van der Waals surface area contributed by atoms with Gasteiger partial charge in [0.2, 0.25) is 21.9 Å². The standard InChI is InChI=1S/C19H21F3N6O3S/c1-32(30,31)28-6-2-3-13(28)9-23-17-14(19(20,21)22)10-24-18(27-17)25-12-4-5-15-11(7-12)8-16(29)26-15/h4-5,7,10,13H,2-3,6,8-9H2,1H3,(H,26,29)(H2,23,24,25,27)/t13-/m0/s1. The molecule has 172 valence electrons. The van der Waals surface area contributed by atoms with Crippen LogP contribution in [0.2, 0.25) is 0 Å². The minimum absolute atomic E-state index is 0.0147. The molecule has 1 aromatic heterocycles. The molecule has 0 bridgehead atoms. The van der Waals surface area contributed by atoms with Crippen molar-refractivity contribution in [2.24, 2.45) is 0 Å². The van der Waals surface area contributed by atoms with E-state index >= 15 is 0 Å². The highest BCUT2D eigenvalue weighted by Crippen LogP contribution is 2.35. The highest BCUT2D eigenvalue weighted by atomic mass is 32.2. The van der Waals surface area contributed by atoms with Gasteiger partial charge in [-0.25, -0.2) is 13.4 Å². The van der Waals surface area contributed by atoms with Crippen molar-refractivity contribution >= 4 is 39.1 Å². The van der Waals surface area contributed by atoms with Crippen molar-refractivity contribution in [3.63, 3.8) is 0 Å². The molecule has 1 saturated heterocycles. The third kappa shape index (κ3) is 4.78. The molecule has 1 aromatic carbocycles. The smallest absolute Gasteiger partial charge is 0.368 e. The van der Waals surface area contributed by atoms with Crippen LogP contribution in [0.3, 0.4) is 0 Å². The molecule has 0 unspecified atom stereocenters. The van der Waals surface area contributed by atoms with Gasteiger partial charge in [-0.05, 0) is 36.6 Å². The number of carbonyl (C=O) groups excluding carboxylic acids is 1. The molecule has 1 atom stereocenters. The molecule has 3 N–H and O–H groups in total. The van der Waals surface area contributed by atoms with E-state index in [9.17, 15) is 26.4 Å². The maximum atomic E-state index is 13.5. The lowest BCUT2D eigenvalue weighted by molar-refractivity contribution is -0.137. The monoisotopic (exact) mass is 470 g/mol. The number of aromatic nitrogens is 2. The molecule has 0 spiro atoms. The topological polar surface area (TPSA) is 116 Å². The van der Waals surface area contributed by atoms with E-state index in [2.05, 4.69) is 25.9 Å². The van der Waals surface area contributed by atoms with Crippen LogP contribution in [0.15, 0.2) is 24.4 Å². The number of sulfonamides is 1. The normalized spacial score (nSPS) is 19.0. The van der Waals surface area contributed by atoms with Crippen LogP contribution in [-0.2, 0) is 27.4 Å². The molecular weight excluding hydrogens is 449 g/mol. The van der Waals surface area contributed by atoms with E-state index in [1.807, 2.05) is 0 Å². The molecule has 1 amide bonds. The van der Waals surface area contributed by atoms with Gasteiger partial charge in [-0.3, -0.25) is 4.79 Å². The first-order chi connectivity index (χ1) is 15.0. The fraction of sp³-hybridized carbons (Fsp3) is 0.421. The van der Waals surface area contributed by atoms with Gasteiger partial charge in [0.05, 0.1) is 12.7 Å². The summed E-state index contributed by atoms with van der Waals surface area (Å²) in [6, 6.07) is 4.58. The van der Waals surface area contributed by atoms with Gasteiger partial charge in [0.25, 0.3) is 0 Å². The number of hydrogen-bond acceptors (Lipinski definition) is 7. The molecular formula is C19H21F3N6O3S. The van der Waals surface area contributed by atoms with Gasteiger partial charge in [-0.2, -0.15) is 22.5 Å². The van der Waals surface area contributed by atoms with E-state index in [-0.39, 0.29) is 24.8 Å². The lowest BCUT2D eigenvalue weighted by Crippen LogP contribution is -2.39. The molecule has 9 nitrogen and oxygen atoms in total. The predicted octanol–water partition coefficient (Wildman–Crippen LogP) is 2.57. The van der Waals surface area contributed by atoms with Crippen molar-refractivity contribution in [2.75, 3.05) is 35.3 Å². The Morgan fingerprint density at radius 1 is 1.31 bits per heavy atom. The minimum atomic E-state index is -4.69. The Kier molecular flexibility index (Phi) is 5.71. The Hall–Kier alpha value is -2.93. The Morgan fingerprint density at radius 3 is 2.81 bits per heavy atom. The van der Waals surface area contributed by atoms with Crippen LogP contribution < -0.4 is 16.0 Å². The van der Waals surface area contributed by atoms with E-state index in [4.69, 9.17) is 0 Å². The zero-order valence-corrected chi connectivity index (χ0v) is 17.8. The Morgan fingerprint density at radius 2 is 2.09 bits per heavy atom. The van der Waals surface area contributed by atoms with Crippen molar-refractivity contribution in [2.45, 2.75) is 31.5 Å². The van der Waals surface area contributed by atoms with Gasteiger partial charge >= 0.3 is 6.18 Å². The molecule has 0 aliphatic carbocycles. The number of fused-ring (bicyclic) bond motifs is 1. The SMILES string of the molecule is CS(=O)(=O)N1CCC[C@H]1CNc1nc(Nc2ccc3c(c2)CC(=O)N3)ncc1C(F)(F)F. The third-order valence-electron chi connectivity index (χ3n) is 5.33. The fourth-order valence-electron chi connectivity index (χ4n) is 3.88. The van der Waals surface area contributed by atoms with Crippen LogP contribution in [-0.4, -0.2) is 54.0 Å². The second-order valence-electron chi connectivity index (χ2n) is 7.73. The second-order valence-corrected chi connectivity index (χ2v) is 9.66. The molecule has 2 aromatic rings. The minimum Gasteiger partial charge on any atom is -0.368 e. The number of anilines is 4. The maximum absolute atomic E-state index is 13.5. The summed E-state index contributed by atoms with van der Waals surface area (Å²) < 4.78 is 65.5. The number of halogens is 3. The first-order valence-corrected chi connectivity index (χ1v) is 11.7. The summed E-state index contributed by atoms with van der Waals surface area (Å²) in [5.41, 5.74) is 0.913. The van der Waals surface area contributed by atoms with Gasteiger partial charge in [-0.15, -0.1) is 0 Å². The third-order valence-corrected chi connectivity index (χ3v) is 6.67. The lowest BCUT2D eigenvalue weighted by Gasteiger charge is -2.23. The van der Waals surface area contributed by atoms with E-state index < -0.39 is 33.6 Å². The summed E-state index contributed by atoms with van der Waals surface area (Å²) in [4.78, 5) is 19.3. The number of alkyl halides is 3. The summed E-state index contributed by atoms with van der Waals surface area (Å²) in [5, 5.41) is 8.22. The van der Waals surface area contributed by atoms with Gasteiger partial charge in [0, 0.05) is 36.7 Å². The largest absolute Gasteiger partial charge is 0.421 e. The second kappa shape index (κ2) is 8.20. The van der Waals surface area contributed by atoms with Crippen molar-refractivity contribution in [1.29, 1.82) is 0 Å². The van der Waals surface area contributed by atoms with Crippen molar-refractivity contribution in [3.8, 4) is 0 Å². The van der Waals surface area contributed by atoms with Crippen LogP contribution in [0.5, 0.6) is 0 Å². The van der Waals surface area contributed by atoms with Crippen molar-refractivity contribution in [3.05, 3.63) is 35.5 Å². The molecule has 13 heteroatoms. The highest BCUT2D eigenvalue weighted by Gasteiger charge is 2.36. The number of hydrogen-bond donors (Lipinski definition) is 3. The van der Waals surface area contributed by atoms with Gasteiger partial charge in [0.1, 0.15) is 11.4 Å². The Balaban J connectivity index is 1.55. The maximum Gasteiger partial charge on any atom is 0.421 e. The quantitative estimate of drug-likeness (QED) is 0.594. The van der Waals surface area contributed by atoms with E-state index in [1.165, 1.54) is 4.31 Å². The van der Waals surface area contributed by atoms with Crippen LogP contribution in [0, 0.1) is 0 Å². The van der Waals surface area contributed by atoms with Crippen molar-refractivity contribution < 1.29 is 26.4 Å². The summed E-state index contributed by atoms with van der Waals surface area (Å²) in [7, 11) is -3.46. The number of benzene rings is 1. The molecule has 0 saturated carbocycles. The van der Waals surface area contributed by atoms with E-state index in [0.717, 1.165) is 11.8 Å². The Labute approximate surface area is 182 Å². The average Bonchev–Trinajstić information content (AvgIpc) is 3.30. The molecule has 3 heterocycles. The molecule has 2 aliphatic heterocycles. The summed E-state index contributed by atoms with van der Waals surface area (Å²) >= 11 is 0. The predicted molar refractivity (Wildman–Crippen MR) is 112 cm³/mol. The number of amides is 1. The zero-order chi connectivity index (χ0) is 23.1. The van der Waals surface area contributed by atoms with Gasteiger partial charge in [0.15, 0.2) is 0 Å². The number of nitrogens with one attached hydrogen (secondary N) is 3. The van der Waals surface area contributed by atoms with Crippen LogP contribution in [0.25, 0.3) is 0 Å². The molecule has 2 aliphatic rings. The molecule has 32 heavy (non-hydrogen) atoms. The highest BCUT2D eigenvalue weighted by molar-refractivity contribution is 7.88. The average molecular weight is 470 g/mol. The first-order valence-electron chi connectivity index (χ1n) is 9.85. The van der Waals surface area contributed by atoms with Crippen LogP contribution >= 0.6 is 0 Å². The number of carbonyl (C=O) groups is 1. The van der Waals surface area contributed by atoms with Gasteiger partial charge in [-0.1, -0.05) is 0 Å². The lowest BCUT2D eigenvalue weighted by atomic mass is 10.1. The summed E-state index contributed by atoms with van der Waals surface area (Å²) in [6.45, 7) is 0.322. The van der Waals surface area contributed by atoms with Crippen LogP contribution in [0.4, 0.5) is 36.3 Å². The van der Waals surface area contributed by atoms with E-state index in [1.54, 1.807) is 18.2 Å². The van der Waals surface area contributed by atoms with Crippen LogP contribution in [0.1, 0.15) is 24.0 Å². The number of nitrogens with zero attached hydrogens (tertiary/aromatic N) is 3. The number of rotatable bonds is 6. The van der Waals surface area contributed by atoms with E-state index in [0.29, 0.717) is 37.0 Å². The molecule has 4 rings (SSSR count). The van der Waals surface area contributed by atoms with Crippen molar-refractivity contribution in [1.82, 2.24) is 14.3 Å². The molecule has 1 fully saturated rings. The summed E-state index contributed by atoms with van der Waals surface area (Å²) in [6.07, 6.45) is -1.54. The first kappa shape index (κ1) is 22.3. The fourth-order valence-corrected chi connectivity index (χ4v) is 5.07. The summed E-state index contributed by atoms with van der Waals surface area (Å²) in [5.74, 6) is -0.637. The zero-order valence-electron chi connectivity index (χ0n) is 17.0.